The SMILES string of the molecule is NC(=O)Cn1cc(/C=N/NC(=O)c2cccnc2)c2ccccc21. The van der Waals surface area contributed by atoms with Gasteiger partial charge >= 0.3 is 0 Å². The second kappa shape index (κ2) is 6.74. The van der Waals surface area contributed by atoms with Gasteiger partial charge in [-0.15, -0.1) is 0 Å². The van der Waals surface area contributed by atoms with Gasteiger partial charge in [0, 0.05) is 35.1 Å². The summed E-state index contributed by atoms with van der Waals surface area (Å²) in [4.78, 5) is 27.0. The molecule has 0 aliphatic rings. The number of rotatable bonds is 5. The first kappa shape index (κ1) is 15.4. The Kier molecular flexibility index (Phi) is 4.33. The molecule has 3 N–H and O–H groups in total. The molecule has 120 valence electrons. The van der Waals surface area contributed by atoms with Crippen LogP contribution in [0.4, 0.5) is 0 Å². The first-order valence-electron chi connectivity index (χ1n) is 7.25. The van der Waals surface area contributed by atoms with Crippen molar-refractivity contribution in [2.75, 3.05) is 0 Å². The van der Waals surface area contributed by atoms with Crippen LogP contribution < -0.4 is 11.2 Å². The van der Waals surface area contributed by atoms with Gasteiger partial charge in [0.1, 0.15) is 6.54 Å². The van der Waals surface area contributed by atoms with Crippen molar-refractivity contribution in [1.82, 2.24) is 15.0 Å². The minimum atomic E-state index is -0.427. The molecule has 0 radical (unpaired) electrons. The van der Waals surface area contributed by atoms with Crippen molar-refractivity contribution in [2.45, 2.75) is 6.54 Å². The fraction of sp³-hybridized carbons (Fsp3) is 0.0588. The van der Waals surface area contributed by atoms with E-state index in [0.29, 0.717) is 5.56 Å². The van der Waals surface area contributed by atoms with E-state index in [1.807, 2.05) is 24.3 Å². The van der Waals surface area contributed by atoms with E-state index < -0.39 is 5.91 Å². The van der Waals surface area contributed by atoms with Crippen molar-refractivity contribution in [3.63, 3.8) is 0 Å². The molecule has 0 unspecified atom stereocenters. The van der Waals surface area contributed by atoms with Crippen molar-refractivity contribution in [3.05, 3.63) is 66.1 Å². The number of nitrogens with two attached hydrogens (primary N) is 1. The quantitative estimate of drug-likeness (QED) is 0.546. The Morgan fingerprint density at radius 3 is 2.83 bits per heavy atom. The molecule has 0 atom stereocenters. The summed E-state index contributed by atoms with van der Waals surface area (Å²) in [5, 5.41) is 4.89. The fourth-order valence-corrected chi connectivity index (χ4v) is 2.40. The largest absolute Gasteiger partial charge is 0.368 e. The molecule has 0 saturated heterocycles. The van der Waals surface area contributed by atoms with Crippen LogP contribution >= 0.6 is 0 Å². The van der Waals surface area contributed by atoms with E-state index >= 15 is 0 Å². The number of carbonyl (C=O) groups is 2. The van der Waals surface area contributed by atoms with Crippen molar-refractivity contribution < 1.29 is 9.59 Å². The first-order valence-corrected chi connectivity index (χ1v) is 7.25. The molecule has 0 spiro atoms. The zero-order chi connectivity index (χ0) is 16.9. The van der Waals surface area contributed by atoms with E-state index in [4.69, 9.17) is 5.73 Å². The minimum absolute atomic E-state index is 0.0798. The summed E-state index contributed by atoms with van der Waals surface area (Å²) in [5.74, 6) is -0.774. The summed E-state index contributed by atoms with van der Waals surface area (Å²) in [5.41, 5.74) is 9.79. The summed E-state index contributed by atoms with van der Waals surface area (Å²) < 4.78 is 1.75. The van der Waals surface area contributed by atoms with E-state index in [1.165, 1.54) is 12.4 Å². The predicted molar refractivity (Wildman–Crippen MR) is 90.4 cm³/mol. The Bertz CT molecular complexity index is 915. The number of carbonyl (C=O) groups excluding carboxylic acids is 2. The number of hydrazone groups is 1. The van der Waals surface area contributed by atoms with Gasteiger partial charge in [-0.3, -0.25) is 14.6 Å². The third-order valence-corrected chi connectivity index (χ3v) is 3.44. The van der Waals surface area contributed by atoms with Crippen molar-refractivity contribution in [2.24, 2.45) is 10.8 Å². The normalized spacial score (nSPS) is 11.0. The van der Waals surface area contributed by atoms with Crippen LogP contribution in [0.2, 0.25) is 0 Å². The molecular formula is C17H15N5O2. The standard InChI is InChI=1S/C17H15N5O2/c18-16(23)11-22-10-13(14-5-1-2-6-15(14)22)9-20-21-17(24)12-4-3-7-19-8-12/h1-10H,11H2,(H2,18,23)(H,21,24)/b20-9+. The molecule has 0 aliphatic carbocycles. The average molecular weight is 321 g/mol. The lowest BCUT2D eigenvalue weighted by atomic mass is 10.2. The van der Waals surface area contributed by atoms with Gasteiger partial charge in [0.25, 0.3) is 5.91 Å². The van der Waals surface area contributed by atoms with E-state index in [2.05, 4.69) is 15.5 Å². The van der Waals surface area contributed by atoms with Gasteiger partial charge in [-0.1, -0.05) is 18.2 Å². The minimum Gasteiger partial charge on any atom is -0.368 e. The van der Waals surface area contributed by atoms with Gasteiger partial charge in [0.15, 0.2) is 0 Å². The number of aromatic nitrogens is 2. The summed E-state index contributed by atoms with van der Waals surface area (Å²) in [7, 11) is 0. The number of fused-ring (bicyclic) bond motifs is 1. The Hall–Kier alpha value is -3.48. The molecule has 3 rings (SSSR count). The summed E-state index contributed by atoms with van der Waals surface area (Å²) in [6.45, 7) is 0.0798. The lowest BCUT2D eigenvalue weighted by molar-refractivity contribution is -0.118. The van der Waals surface area contributed by atoms with Crippen molar-refractivity contribution in [3.8, 4) is 0 Å². The third-order valence-electron chi connectivity index (χ3n) is 3.44. The van der Waals surface area contributed by atoms with Gasteiger partial charge in [0.05, 0.1) is 11.8 Å². The molecule has 1 aromatic carbocycles. The van der Waals surface area contributed by atoms with Crippen LogP contribution in [0.1, 0.15) is 15.9 Å². The summed E-state index contributed by atoms with van der Waals surface area (Å²) in [6.07, 6.45) is 6.36. The number of hydrogen-bond acceptors (Lipinski definition) is 4. The van der Waals surface area contributed by atoms with Crippen LogP contribution in [0.15, 0.2) is 60.1 Å². The van der Waals surface area contributed by atoms with Gasteiger partial charge in [-0.05, 0) is 18.2 Å². The molecule has 3 aromatic rings. The smallest absolute Gasteiger partial charge is 0.272 e. The molecule has 7 heteroatoms. The number of benzene rings is 1. The number of amides is 2. The Labute approximate surface area is 137 Å². The van der Waals surface area contributed by atoms with E-state index in [0.717, 1.165) is 16.5 Å². The highest BCUT2D eigenvalue weighted by molar-refractivity contribution is 6.01. The molecule has 2 amide bonds. The second-order valence-electron chi connectivity index (χ2n) is 5.14. The van der Waals surface area contributed by atoms with Crippen LogP contribution in [0.3, 0.4) is 0 Å². The molecular weight excluding hydrogens is 306 g/mol. The van der Waals surface area contributed by atoms with Gasteiger partial charge in [-0.2, -0.15) is 5.10 Å². The Morgan fingerprint density at radius 2 is 2.08 bits per heavy atom. The number of nitrogens with zero attached hydrogens (tertiary/aromatic N) is 3. The van der Waals surface area contributed by atoms with Gasteiger partial charge in [-0.25, -0.2) is 5.43 Å². The second-order valence-corrected chi connectivity index (χ2v) is 5.14. The zero-order valence-corrected chi connectivity index (χ0v) is 12.7. The van der Waals surface area contributed by atoms with E-state index in [1.54, 1.807) is 29.1 Å². The molecule has 24 heavy (non-hydrogen) atoms. The van der Waals surface area contributed by atoms with Crippen molar-refractivity contribution >= 4 is 28.9 Å². The number of pyridine rings is 1. The lowest BCUT2D eigenvalue weighted by Gasteiger charge is -2.00. The van der Waals surface area contributed by atoms with Crippen LogP contribution in [0, 0.1) is 0 Å². The monoisotopic (exact) mass is 321 g/mol. The molecule has 2 heterocycles. The number of hydrogen-bond donors (Lipinski definition) is 2. The highest BCUT2D eigenvalue weighted by atomic mass is 16.2. The maximum absolute atomic E-state index is 11.9. The molecule has 2 aromatic heterocycles. The van der Waals surface area contributed by atoms with E-state index in [9.17, 15) is 9.59 Å². The van der Waals surface area contributed by atoms with Crippen LogP contribution in [0.25, 0.3) is 10.9 Å². The van der Waals surface area contributed by atoms with Gasteiger partial charge in [0.2, 0.25) is 5.91 Å². The number of nitrogens with one attached hydrogen (secondary N) is 1. The maximum atomic E-state index is 11.9. The highest BCUT2D eigenvalue weighted by Gasteiger charge is 2.08. The number of primary amides is 1. The lowest BCUT2D eigenvalue weighted by Crippen LogP contribution is -2.18. The van der Waals surface area contributed by atoms with Crippen LogP contribution in [0.5, 0.6) is 0 Å². The third kappa shape index (κ3) is 3.30. The molecule has 0 saturated carbocycles. The van der Waals surface area contributed by atoms with Crippen LogP contribution in [-0.2, 0) is 11.3 Å². The van der Waals surface area contributed by atoms with Gasteiger partial charge < -0.3 is 10.3 Å². The van der Waals surface area contributed by atoms with Crippen molar-refractivity contribution in [1.29, 1.82) is 0 Å². The Morgan fingerprint density at radius 1 is 1.25 bits per heavy atom. The topological polar surface area (TPSA) is 102 Å². The zero-order valence-electron chi connectivity index (χ0n) is 12.7. The first-order chi connectivity index (χ1) is 11.6. The fourth-order valence-electron chi connectivity index (χ4n) is 2.40. The highest BCUT2D eigenvalue weighted by Crippen LogP contribution is 2.19. The van der Waals surface area contributed by atoms with E-state index in [-0.39, 0.29) is 12.5 Å². The number of para-hydroxylation sites is 1. The molecule has 7 nitrogen and oxygen atoms in total. The molecule has 0 fully saturated rings. The summed E-state index contributed by atoms with van der Waals surface area (Å²) >= 11 is 0. The Balaban J connectivity index is 1.82. The predicted octanol–water partition coefficient (Wildman–Crippen LogP) is 1.29. The van der Waals surface area contributed by atoms with Crippen LogP contribution in [-0.4, -0.2) is 27.6 Å². The average Bonchev–Trinajstić information content (AvgIpc) is 2.93. The summed E-state index contributed by atoms with van der Waals surface area (Å²) in [6, 6.07) is 10.9. The molecule has 0 bridgehead atoms. The maximum Gasteiger partial charge on any atom is 0.272 e. The molecule has 0 aliphatic heterocycles.